The second-order valence-electron chi connectivity index (χ2n) is 6.42. The molecule has 27 heavy (non-hydrogen) atoms. The summed E-state index contributed by atoms with van der Waals surface area (Å²) in [5, 5.41) is 12.0. The highest BCUT2D eigenvalue weighted by atomic mass is 32.2. The maximum atomic E-state index is 12.0. The molecular weight excluding hydrogens is 370 g/mol. The van der Waals surface area contributed by atoms with Crippen LogP contribution in [0.25, 0.3) is 0 Å². The van der Waals surface area contributed by atoms with E-state index in [1.807, 2.05) is 0 Å². The number of nitrogens with one attached hydrogen (secondary N) is 2. The van der Waals surface area contributed by atoms with Gasteiger partial charge in [-0.25, -0.2) is 13.1 Å². The minimum absolute atomic E-state index is 0.104. The van der Waals surface area contributed by atoms with E-state index in [4.69, 9.17) is 4.74 Å². The van der Waals surface area contributed by atoms with Crippen molar-refractivity contribution in [2.75, 3.05) is 13.2 Å². The Morgan fingerprint density at radius 1 is 1.15 bits per heavy atom. The van der Waals surface area contributed by atoms with Gasteiger partial charge in [0.1, 0.15) is 5.54 Å². The molecule has 0 aromatic heterocycles. The SMILES string of the molecule is N#CC1(NC(=O)COC(=O)CCNS(=O)(=O)c2ccccc2)CCCCC1. The zero-order valence-electron chi connectivity index (χ0n) is 14.9. The van der Waals surface area contributed by atoms with Crippen molar-refractivity contribution in [1.82, 2.24) is 10.0 Å². The van der Waals surface area contributed by atoms with E-state index in [1.54, 1.807) is 18.2 Å². The summed E-state index contributed by atoms with van der Waals surface area (Å²) >= 11 is 0. The molecular formula is C18H23N3O5S. The van der Waals surface area contributed by atoms with Crippen LogP contribution in [0.4, 0.5) is 0 Å². The Balaban J connectivity index is 1.71. The van der Waals surface area contributed by atoms with Crippen LogP contribution in [0.1, 0.15) is 38.5 Å². The van der Waals surface area contributed by atoms with Gasteiger partial charge in [-0.3, -0.25) is 9.59 Å². The lowest BCUT2D eigenvalue weighted by atomic mass is 9.83. The van der Waals surface area contributed by atoms with Crippen molar-refractivity contribution in [1.29, 1.82) is 5.26 Å². The molecule has 2 rings (SSSR count). The monoisotopic (exact) mass is 393 g/mol. The minimum atomic E-state index is -3.69. The Morgan fingerprint density at radius 2 is 1.81 bits per heavy atom. The average molecular weight is 393 g/mol. The highest BCUT2D eigenvalue weighted by molar-refractivity contribution is 7.89. The number of sulfonamides is 1. The van der Waals surface area contributed by atoms with E-state index >= 15 is 0 Å². The summed E-state index contributed by atoms with van der Waals surface area (Å²) in [6.07, 6.45) is 3.75. The fourth-order valence-electron chi connectivity index (χ4n) is 2.91. The number of rotatable bonds is 8. The fraction of sp³-hybridized carbons (Fsp3) is 0.500. The number of amides is 1. The predicted molar refractivity (Wildman–Crippen MR) is 96.8 cm³/mol. The Morgan fingerprint density at radius 3 is 2.44 bits per heavy atom. The number of hydrogen-bond acceptors (Lipinski definition) is 6. The van der Waals surface area contributed by atoms with Crippen molar-refractivity contribution >= 4 is 21.9 Å². The zero-order valence-corrected chi connectivity index (χ0v) is 15.8. The number of carbonyl (C=O) groups excluding carboxylic acids is 2. The van der Waals surface area contributed by atoms with Crippen molar-refractivity contribution in [3.63, 3.8) is 0 Å². The largest absolute Gasteiger partial charge is 0.456 e. The van der Waals surface area contributed by atoms with E-state index in [1.165, 1.54) is 12.1 Å². The number of esters is 1. The molecule has 1 fully saturated rings. The first kappa shape index (κ1) is 20.9. The van der Waals surface area contributed by atoms with Crippen LogP contribution in [0.5, 0.6) is 0 Å². The molecule has 1 aromatic carbocycles. The molecule has 0 unspecified atom stereocenters. The fourth-order valence-corrected chi connectivity index (χ4v) is 3.96. The van der Waals surface area contributed by atoms with Crippen LogP contribution in [-0.4, -0.2) is 39.0 Å². The van der Waals surface area contributed by atoms with E-state index in [2.05, 4.69) is 16.1 Å². The van der Waals surface area contributed by atoms with E-state index in [0.29, 0.717) is 12.8 Å². The molecule has 0 atom stereocenters. The second-order valence-corrected chi connectivity index (χ2v) is 8.19. The Kier molecular flexibility index (Phi) is 7.33. The van der Waals surface area contributed by atoms with Gasteiger partial charge < -0.3 is 10.1 Å². The summed E-state index contributed by atoms with van der Waals surface area (Å²) in [6.45, 7) is -0.631. The Hall–Kier alpha value is -2.44. The van der Waals surface area contributed by atoms with Crippen LogP contribution in [0.15, 0.2) is 35.2 Å². The number of nitrogens with zero attached hydrogens (tertiary/aromatic N) is 1. The number of hydrogen-bond donors (Lipinski definition) is 2. The van der Waals surface area contributed by atoms with Crippen LogP contribution in [0.2, 0.25) is 0 Å². The van der Waals surface area contributed by atoms with Crippen LogP contribution < -0.4 is 10.0 Å². The van der Waals surface area contributed by atoms with Crippen LogP contribution >= 0.6 is 0 Å². The molecule has 0 heterocycles. The highest BCUT2D eigenvalue weighted by Gasteiger charge is 2.33. The quantitative estimate of drug-likeness (QED) is 0.640. The normalized spacial score (nSPS) is 16.1. The van der Waals surface area contributed by atoms with Crippen molar-refractivity contribution in [3.8, 4) is 6.07 Å². The van der Waals surface area contributed by atoms with Gasteiger partial charge >= 0.3 is 5.97 Å². The molecule has 0 bridgehead atoms. The first-order valence-corrected chi connectivity index (χ1v) is 10.3. The van der Waals surface area contributed by atoms with Gasteiger partial charge in [-0.1, -0.05) is 37.5 Å². The number of ether oxygens (including phenoxy) is 1. The lowest BCUT2D eigenvalue weighted by Crippen LogP contribution is -2.50. The third-order valence-corrected chi connectivity index (χ3v) is 5.82. The number of nitriles is 1. The topological polar surface area (TPSA) is 125 Å². The molecule has 146 valence electrons. The molecule has 0 saturated heterocycles. The van der Waals surface area contributed by atoms with Gasteiger partial charge in [0, 0.05) is 6.54 Å². The van der Waals surface area contributed by atoms with Gasteiger partial charge in [-0.05, 0) is 25.0 Å². The summed E-state index contributed by atoms with van der Waals surface area (Å²) in [4.78, 5) is 23.8. The first-order valence-electron chi connectivity index (χ1n) is 8.79. The summed E-state index contributed by atoms with van der Waals surface area (Å²) in [5.74, 6) is -1.23. The van der Waals surface area contributed by atoms with E-state index in [0.717, 1.165) is 19.3 Å². The van der Waals surface area contributed by atoms with Crippen molar-refractivity contribution < 1.29 is 22.7 Å². The van der Waals surface area contributed by atoms with Gasteiger partial charge in [-0.15, -0.1) is 0 Å². The maximum Gasteiger partial charge on any atom is 0.307 e. The Labute approximate surface area is 158 Å². The van der Waals surface area contributed by atoms with Crippen LogP contribution in [-0.2, 0) is 24.3 Å². The maximum absolute atomic E-state index is 12.0. The van der Waals surface area contributed by atoms with E-state index in [-0.39, 0.29) is 17.9 Å². The molecule has 1 aliphatic carbocycles. The van der Waals surface area contributed by atoms with Gasteiger partial charge in [0.15, 0.2) is 6.61 Å². The van der Waals surface area contributed by atoms with Gasteiger partial charge in [-0.2, -0.15) is 5.26 Å². The highest BCUT2D eigenvalue weighted by Crippen LogP contribution is 2.27. The molecule has 0 radical (unpaired) electrons. The van der Waals surface area contributed by atoms with Crippen LogP contribution in [0, 0.1) is 11.3 Å². The zero-order chi connectivity index (χ0) is 19.8. The molecule has 1 amide bonds. The molecule has 0 aliphatic heterocycles. The van der Waals surface area contributed by atoms with Crippen LogP contribution in [0.3, 0.4) is 0 Å². The van der Waals surface area contributed by atoms with Crippen molar-refractivity contribution in [3.05, 3.63) is 30.3 Å². The smallest absolute Gasteiger partial charge is 0.307 e. The number of benzene rings is 1. The molecule has 0 spiro atoms. The molecule has 8 nitrogen and oxygen atoms in total. The van der Waals surface area contributed by atoms with Gasteiger partial charge in [0.2, 0.25) is 10.0 Å². The van der Waals surface area contributed by atoms with E-state index in [9.17, 15) is 23.3 Å². The number of carbonyl (C=O) groups is 2. The molecule has 2 N–H and O–H groups in total. The lowest BCUT2D eigenvalue weighted by molar-refractivity contribution is -0.148. The van der Waals surface area contributed by atoms with Crippen molar-refractivity contribution in [2.45, 2.75) is 49.0 Å². The average Bonchev–Trinajstić information content (AvgIpc) is 2.67. The molecule has 9 heteroatoms. The third-order valence-electron chi connectivity index (χ3n) is 4.34. The summed E-state index contributed by atoms with van der Waals surface area (Å²) in [5.41, 5.74) is -0.882. The molecule has 1 aromatic rings. The van der Waals surface area contributed by atoms with E-state index < -0.39 is 34.0 Å². The lowest BCUT2D eigenvalue weighted by Gasteiger charge is -2.31. The molecule has 1 saturated carbocycles. The summed E-state index contributed by atoms with van der Waals surface area (Å²) < 4.78 is 31.2. The minimum Gasteiger partial charge on any atom is -0.456 e. The molecule has 1 aliphatic rings. The van der Waals surface area contributed by atoms with Gasteiger partial charge in [0.25, 0.3) is 5.91 Å². The van der Waals surface area contributed by atoms with Gasteiger partial charge in [0.05, 0.1) is 17.4 Å². The summed E-state index contributed by atoms with van der Waals surface area (Å²) in [7, 11) is -3.69. The Bertz CT molecular complexity index is 796. The standard InChI is InChI=1S/C18H23N3O5S/c19-14-18(10-5-2-6-11-18)21-16(22)13-26-17(23)9-12-20-27(24,25)15-7-3-1-4-8-15/h1,3-4,7-8,20H,2,5-6,9-13H2,(H,21,22). The third kappa shape index (κ3) is 6.34. The predicted octanol–water partition coefficient (Wildman–Crippen LogP) is 1.24. The van der Waals surface area contributed by atoms with Crippen molar-refractivity contribution in [2.24, 2.45) is 0 Å². The first-order chi connectivity index (χ1) is 12.9. The second kappa shape index (κ2) is 9.48. The summed E-state index contributed by atoms with van der Waals surface area (Å²) in [6, 6.07) is 9.94.